The van der Waals surface area contributed by atoms with Gasteiger partial charge in [0, 0.05) is 17.5 Å². The van der Waals surface area contributed by atoms with Crippen LogP contribution in [0.5, 0.6) is 5.75 Å². The molecule has 0 amide bonds. The Balaban J connectivity index is 1.43. The second-order valence-electron chi connectivity index (χ2n) is 9.54. The molecule has 2 aromatic carbocycles. The van der Waals surface area contributed by atoms with Gasteiger partial charge in [0.25, 0.3) is 5.79 Å². The Morgan fingerprint density at radius 1 is 1.03 bits per heavy atom. The Kier molecular flexibility index (Phi) is 4.25. The lowest BCUT2D eigenvalue weighted by atomic mass is 9.46. The fourth-order valence-corrected chi connectivity index (χ4v) is 7.92. The number of rotatable bonds is 4. The Morgan fingerprint density at radius 2 is 1.74 bits per heavy atom. The molecule has 3 atom stereocenters. The van der Waals surface area contributed by atoms with E-state index < -0.39 is 19.2 Å². The zero-order chi connectivity index (χ0) is 21.6. The number of fused-ring (bicyclic) bond motifs is 1. The zero-order valence-corrected chi connectivity index (χ0v) is 18.6. The lowest BCUT2D eigenvalue weighted by Crippen LogP contribution is -2.78. The maximum Gasteiger partial charge on any atom is 0.260 e. The summed E-state index contributed by atoms with van der Waals surface area (Å²) in [5.41, 5.74) is 0.188. The van der Waals surface area contributed by atoms with Crippen LogP contribution < -0.4 is 14.3 Å². The number of benzene rings is 2. The Bertz CT molecular complexity index is 1100. The topological polar surface area (TPSA) is 100 Å². The van der Waals surface area contributed by atoms with Gasteiger partial charge in [-0.05, 0) is 78.8 Å². The summed E-state index contributed by atoms with van der Waals surface area (Å²) in [6.07, 6.45) is 4.93. The molecular weight excluding hydrogens is 443 g/mol. The molecule has 5 aliphatic rings. The van der Waals surface area contributed by atoms with Crippen LogP contribution in [0.2, 0.25) is 0 Å². The molecular formula is C22H22ClO7P-2. The van der Waals surface area contributed by atoms with Crippen LogP contribution >= 0.6 is 19.4 Å². The minimum Gasteiger partial charge on any atom is -0.780 e. The third-order valence-corrected chi connectivity index (χ3v) is 8.73. The van der Waals surface area contributed by atoms with Crippen molar-refractivity contribution in [1.29, 1.82) is 0 Å². The van der Waals surface area contributed by atoms with Gasteiger partial charge >= 0.3 is 0 Å². The van der Waals surface area contributed by atoms with Gasteiger partial charge in [-0.15, -0.1) is 11.6 Å². The summed E-state index contributed by atoms with van der Waals surface area (Å²) in [4.78, 5) is 33.6. The third-order valence-electron chi connectivity index (χ3n) is 7.84. The van der Waals surface area contributed by atoms with E-state index >= 15 is 0 Å². The fraction of sp³-hybridized carbons (Fsp3) is 0.545. The first-order valence-electron chi connectivity index (χ1n) is 10.5. The van der Waals surface area contributed by atoms with Crippen LogP contribution in [0, 0.1) is 17.8 Å². The van der Waals surface area contributed by atoms with Crippen LogP contribution in [0.4, 0.5) is 0 Å². The van der Waals surface area contributed by atoms with Crippen molar-refractivity contribution in [2.45, 2.75) is 48.4 Å². The largest absolute Gasteiger partial charge is 0.780 e. The third kappa shape index (κ3) is 2.81. The lowest BCUT2D eigenvalue weighted by Gasteiger charge is -2.70. The van der Waals surface area contributed by atoms with Crippen molar-refractivity contribution in [1.82, 2.24) is 0 Å². The van der Waals surface area contributed by atoms with Gasteiger partial charge in [-0.1, -0.05) is 18.2 Å². The van der Waals surface area contributed by atoms with E-state index in [4.69, 9.17) is 26.1 Å². The molecule has 1 saturated heterocycles. The van der Waals surface area contributed by atoms with Crippen LogP contribution in [-0.4, -0.2) is 17.6 Å². The van der Waals surface area contributed by atoms with Gasteiger partial charge in [0.1, 0.15) is 13.6 Å². The normalized spacial score (nSPS) is 41.0. The number of phosphoric acid groups is 1. The standard InChI is InChI=1S/C22H24ClO7P/c1-27-22(16-4-2-14-3-5-19(9-15(14)8-16)28-31(24,25)26)21(29-30-22)17-6-13-7-18(21)12-20(23,10-13)11-17/h2-5,8-9,13,17-18H,6-7,10-12H2,1H3,(H2,24,25,26)/p-2. The van der Waals surface area contributed by atoms with Crippen molar-refractivity contribution in [3.8, 4) is 5.75 Å². The van der Waals surface area contributed by atoms with Gasteiger partial charge in [0.2, 0.25) is 0 Å². The SMILES string of the molecule is COC1(c2ccc3ccc(OP(=O)([O-])[O-])cc3c2)OOC12C1CC3CC2CC(Cl)(C3)C1. The molecule has 1 aliphatic heterocycles. The minimum atomic E-state index is -5.14. The molecule has 4 aliphatic carbocycles. The molecule has 9 heteroatoms. The highest BCUT2D eigenvalue weighted by Crippen LogP contribution is 2.71. The minimum absolute atomic E-state index is 0.0244. The van der Waals surface area contributed by atoms with Gasteiger partial charge in [-0.25, -0.2) is 4.89 Å². The van der Waals surface area contributed by atoms with Gasteiger partial charge in [0.15, 0.2) is 5.60 Å². The fourth-order valence-electron chi connectivity index (χ4n) is 6.96. The van der Waals surface area contributed by atoms with E-state index in [0.717, 1.165) is 43.1 Å². The molecule has 7 rings (SSSR count). The first-order valence-corrected chi connectivity index (χ1v) is 12.4. The van der Waals surface area contributed by atoms with Crippen LogP contribution in [0.1, 0.15) is 37.7 Å². The summed E-state index contributed by atoms with van der Waals surface area (Å²) in [6.45, 7) is 0. The number of ether oxygens (including phenoxy) is 1. The van der Waals surface area contributed by atoms with Crippen molar-refractivity contribution in [2.24, 2.45) is 17.8 Å². The van der Waals surface area contributed by atoms with E-state index in [2.05, 4.69) is 4.52 Å². The van der Waals surface area contributed by atoms with Crippen molar-refractivity contribution in [3.63, 3.8) is 0 Å². The molecule has 4 bridgehead atoms. The van der Waals surface area contributed by atoms with Gasteiger partial charge in [0.05, 0.1) is 0 Å². The van der Waals surface area contributed by atoms with Crippen LogP contribution in [0.3, 0.4) is 0 Å². The monoisotopic (exact) mass is 464 g/mol. The molecule has 31 heavy (non-hydrogen) atoms. The van der Waals surface area contributed by atoms with Crippen molar-refractivity contribution >= 4 is 30.2 Å². The number of methoxy groups -OCH3 is 1. The van der Waals surface area contributed by atoms with Gasteiger partial charge in [-0.2, -0.15) is 4.89 Å². The zero-order valence-electron chi connectivity index (χ0n) is 16.9. The molecule has 166 valence electrons. The molecule has 0 aromatic heterocycles. The Morgan fingerprint density at radius 3 is 2.32 bits per heavy atom. The summed E-state index contributed by atoms with van der Waals surface area (Å²) in [6, 6.07) is 10.4. The van der Waals surface area contributed by atoms with E-state index in [1.54, 1.807) is 13.2 Å². The number of hydrogen-bond donors (Lipinski definition) is 0. The van der Waals surface area contributed by atoms with E-state index in [1.165, 1.54) is 12.1 Å². The highest BCUT2D eigenvalue weighted by atomic mass is 35.5. The number of halogens is 1. The smallest absolute Gasteiger partial charge is 0.260 e. The van der Waals surface area contributed by atoms with E-state index in [-0.39, 0.29) is 22.5 Å². The molecule has 0 N–H and O–H groups in total. The van der Waals surface area contributed by atoms with Crippen molar-refractivity contribution < 1.29 is 33.4 Å². The average Bonchev–Trinajstić information content (AvgIpc) is 2.65. The number of alkyl halides is 1. The van der Waals surface area contributed by atoms with Crippen molar-refractivity contribution in [2.75, 3.05) is 7.11 Å². The second kappa shape index (κ2) is 6.45. The molecule has 3 unspecified atom stereocenters. The maximum atomic E-state index is 11.0. The van der Waals surface area contributed by atoms with Crippen LogP contribution in [-0.2, 0) is 24.9 Å². The Labute approximate surface area is 184 Å². The maximum absolute atomic E-state index is 11.0. The number of phosphoric ester groups is 1. The number of hydrogen-bond acceptors (Lipinski definition) is 7. The molecule has 4 saturated carbocycles. The molecule has 1 heterocycles. The summed E-state index contributed by atoms with van der Waals surface area (Å²) < 4.78 is 21.6. The van der Waals surface area contributed by atoms with Crippen LogP contribution in [0.25, 0.3) is 10.8 Å². The second-order valence-corrected chi connectivity index (χ2v) is 11.4. The van der Waals surface area contributed by atoms with Gasteiger partial charge in [-0.3, -0.25) is 0 Å². The molecule has 7 nitrogen and oxygen atoms in total. The first-order chi connectivity index (χ1) is 14.7. The predicted octanol–water partition coefficient (Wildman–Crippen LogP) is 3.36. The summed E-state index contributed by atoms with van der Waals surface area (Å²) in [7, 11) is -3.51. The summed E-state index contributed by atoms with van der Waals surface area (Å²) >= 11 is 6.94. The lowest BCUT2D eigenvalue weighted by molar-refractivity contribution is -0.645. The molecule has 0 radical (unpaired) electrons. The van der Waals surface area contributed by atoms with Crippen LogP contribution in [0.15, 0.2) is 36.4 Å². The first kappa shape index (κ1) is 20.4. The van der Waals surface area contributed by atoms with E-state index in [0.29, 0.717) is 11.3 Å². The van der Waals surface area contributed by atoms with E-state index in [1.807, 2.05) is 18.2 Å². The summed E-state index contributed by atoms with van der Waals surface area (Å²) in [5, 5.41) is 1.58. The van der Waals surface area contributed by atoms with Gasteiger partial charge < -0.3 is 23.6 Å². The quantitative estimate of drug-likeness (QED) is 0.388. The Hall–Kier alpha value is -1.18. The average molecular weight is 465 g/mol. The highest BCUT2D eigenvalue weighted by molar-refractivity contribution is 7.43. The predicted molar refractivity (Wildman–Crippen MR) is 108 cm³/mol. The highest BCUT2D eigenvalue weighted by Gasteiger charge is 2.78. The molecule has 5 fully saturated rings. The molecule has 2 aromatic rings. The van der Waals surface area contributed by atoms with Crippen molar-refractivity contribution in [3.05, 3.63) is 42.0 Å². The van der Waals surface area contributed by atoms with E-state index in [9.17, 15) is 14.4 Å². The molecule has 1 spiro atoms. The summed E-state index contributed by atoms with van der Waals surface area (Å²) in [5.74, 6) is -0.00116.